The number of para-hydroxylation sites is 1. The smallest absolute Gasteiger partial charge is 0.230 e. The van der Waals surface area contributed by atoms with Gasteiger partial charge in [-0.15, -0.1) is 10.2 Å². The molecule has 2 aliphatic heterocycles. The molecule has 1 aromatic carbocycles. The van der Waals surface area contributed by atoms with Gasteiger partial charge in [0.2, 0.25) is 16.2 Å². The molecule has 4 heterocycles. The standard InChI is InChI=1S/C20H21N5OS/c26-18(25-14-9-15-5-1-2-6-17(15)25)16-7-12-24(13-8-16)20-22-21-19(27-20)23-10-3-4-11-23/h1-6,10-11,16H,7-9,12-14H2. The van der Waals surface area contributed by atoms with E-state index in [0.29, 0.717) is 0 Å². The van der Waals surface area contributed by atoms with Crippen molar-refractivity contribution in [3.05, 3.63) is 54.4 Å². The minimum absolute atomic E-state index is 0.101. The maximum absolute atomic E-state index is 13.0. The van der Waals surface area contributed by atoms with E-state index in [4.69, 9.17) is 0 Å². The second-order valence-electron chi connectivity index (χ2n) is 7.09. The maximum Gasteiger partial charge on any atom is 0.230 e. The summed E-state index contributed by atoms with van der Waals surface area (Å²) in [6, 6.07) is 12.2. The van der Waals surface area contributed by atoms with E-state index in [1.807, 2.05) is 40.1 Å². The van der Waals surface area contributed by atoms with Crippen LogP contribution in [0.3, 0.4) is 0 Å². The average molecular weight is 379 g/mol. The average Bonchev–Trinajstić information content (AvgIpc) is 3.47. The Morgan fingerprint density at radius 3 is 2.52 bits per heavy atom. The van der Waals surface area contributed by atoms with Crippen molar-refractivity contribution in [2.24, 2.45) is 5.92 Å². The molecule has 0 radical (unpaired) electrons. The molecule has 138 valence electrons. The van der Waals surface area contributed by atoms with Crippen LogP contribution in [0.15, 0.2) is 48.8 Å². The van der Waals surface area contributed by atoms with Gasteiger partial charge in [0.1, 0.15) is 0 Å². The van der Waals surface area contributed by atoms with Crippen molar-refractivity contribution in [2.45, 2.75) is 19.3 Å². The topological polar surface area (TPSA) is 54.3 Å². The molecular formula is C20H21N5OS. The molecule has 1 saturated heterocycles. The van der Waals surface area contributed by atoms with Gasteiger partial charge in [0, 0.05) is 43.6 Å². The van der Waals surface area contributed by atoms with Crippen molar-refractivity contribution < 1.29 is 4.79 Å². The summed E-state index contributed by atoms with van der Waals surface area (Å²) < 4.78 is 1.97. The molecule has 27 heavy (non-hydrogen) atoms. The molecule has 0 bridgehead atoms. The highest BCUT2D eigenvalue weighted by Gasteiger charge is 2.33. The lowest BCUT2D eigenvalue weighted by Gasteiger charge is -2.32. The van der Waals surface area contributed by atoms with Crippen LogP contribution >= 0.6 is 11.3 Å². The zero-order valence-corrected chi connectivity index (χ0v) is 15.8. The van der Waals surface area contributed by atoms with Crippen LogP contribution in [0.2, 0.25) is 0 Å². The number of nitrogens with zero attached hydrogens (tertiary/aromatic N) is 5. The molecule has 6 nitrogen and oxygen atoms in total. The van der Waals surface area contributed by atoms with Crippen molar-refractivity contribution in [1.82, 2.24) is 14.8 Å². The summed E-state index contributed by atoms with van der Waals surface area (Å²) in [5, 5.41) is 10.5. The number of piperidine rings is 1. The molecule has 0 atom stereocenters. The zero-order chi connectivity index (χ0) is 18.2. The molecule has 3 aromatic rings. The molecule has 0 spiro atoms. The zero-order valence-electron chi connectivity index (χ0n) is 15.0. The third kappa shape index (κ3) is 3.02. The number of fused-ring (bicyclic) bond motifs is 1. The maximum atomic E-state index is 13.0. The Hall–Kier alpha value is -2.67. The van der Waals surface area contributed by atoms with Gasteiger partial charge in [-0.3, -0.25) is 9.36 Å². The number of amides is 1. The number of hydrogen-bond acceptors (Lipinski definition) is 5. The van der Waals surface area contributed by atoms with E-state index in [2.05, 4.69) is 33.3 Å². The Balaban J connectivity index is 1.24. The van der Waals surface area contributed by atoms with E-state index in [-0.39, 0.29) is 11.8 Å². The molecule has 1 amide bonds. The third-order valence-electron chi connectivity index (χ3n) is 5.50. The third-order valence-corrected chi connectivity index (χ3v) is 6.49. The van der Waals surface area contributed by atoms with Crippen molar-refractivity contribution in [2.75, 3.05) is 29.4 Å². The van der Waals surface area contributed by atoms with E-state index in [0.717, 1.165) is 54.8 Å². The summed E-state index contributed by atoms with van der Waals surface area (Å²) in [5.41, 5.74) is 2.39. The van der Waals surface area contributed by atoms with Crippen LogP contribution in [0.1, 0.15) is 18.4 Å². The lowest BCUT2D eigenvalue weighted by molar-refractivity contribution is -0.122. The van der Waals surface area contributed by atoms with Crippen molar-refractivity contribution in [3.63, 3.8) is 0 Å². The molecule has 0 aliphatic carbocycles. The number of hydrogen-bond donors (Lipinski definition) is 0. The second kappa shape index (κ2) is 6.81. The van der Waals surface area contributed by atoms with Gasteiger partial charge in [0.15, 0.2) is 0 Å². The lowest BCUT2D eigenvalue weighted by atomic mass is 9.95. The van der Waals surface area contributed by atoms with E-state index in [1.54, 1.807) is 11.3 Å². The van der Waals surface area contributed by atoms with Crippen LogP contribution in [0.5, 0.6) is 0 Å². The predicted octanol–water partition coefficient (Wildman–Crippen LogP) is 3.13. The van der Waals surface area contributed by atoms with Crippen LogP contribution in [-0.2, 0) is 11.2 Å². The number of rotatable bonds is 3. The summed E-state index contributed by atoms with van der Waals surface area (Å²) in [4.78, 5) is 17.3. The van der Waals surface area contributed by atoms with E-state index in [1.165, 1.54) is 5.56 Å². The minimum Gasteiger partial charge on any atom is -0.347 e. The summed E-state index contributed by atoms with van der Waals surface area (Å²) in [7, 11) is 0. The van der Waals surface area contributed by atoms with Crippen LogP contribution < -0.4 is 9.80 Å². The Morgan fingerprint density at radius 1 is 0.963 bits per heavy atom. The molecule has 7 heteroatoms. The van der Waals surface area contributed by atoms with Crippen LogP contribution in [0.4, 0.5) is 10.8 Å². The normalized spacial score (nSPS) is 17.3. The number of carbonyl (C=O) groups is 1. The SMILES string of the molecule is O=C(C1CCN(c2nnc(-n3cccc3)s2)CC1)N1CCc2ccccc21. The molecule has 2 aliphatic rings. The molecule has 2 aromatic heterocycles. The van der Waals surface area contributed by atoms with Crippen molar-refractivity contribution in [1.29, 1.82) is 0 Å². The second-order valence-corrected chi connectivity index (χ2v) is 8.02. The van der Waals surface area contributed by atoms with E-state index in [9.17, 15) is 4.79 Å². The highest BCUT2D eigenvalue weighted by Crippen LogP contribution is 2.32. The molecule has 0 N–H and O–H groups in total. The first-order valence-corrected chi connectivity index (χ1v) is 10.2. The monoisotopic (exact) mass is 379 g/mol. The number of aromatic nitrogens is 3. The fourth-order valence-corrected chi connectivity index (χ4v) is 4.87. The van der Waals surface area contributed by atoms with Crippen LogP contribution in [0.25, 0.3) is 5.13 Å². The molecule has 0 unspecified atom stereocenters. The first-order valence-electron chi connectivity index (χ1n) is 9.41. The van der Waals surface area contributed by atoms with E-state index < -0.39 is 0 Å². The van der Waals surface area contributed by atoms with Gasteiger partial charge in [-0.2, -0.15) is 0 Å². The van der Waals surface area contributed by atoms with Gasteiger partial charge >= 0.3 is 0 Å². The lowest BCUT2D eigenvalue weighted by Crippen LogP contribution is -2.42. The molecule has 5 rings (SSSR count). The fourth-order valence-electron chi connectivity index (χ4n) is 4.01. The highest BCUT2D eigenvalue weighted by atomic mass is 32.1. The number of anilines is 2. The first-order chi connectivity index (χ1) is 13.3. The summed E-state index contributed by atoms with van der Waals surface area (Å²) in [6.07, 6.45) is 6.66. The largest absolute Gasteiger partial charge is 0.347 e. The minimum atomic E-state index is 0.101. The predicted molar refractivity (Wildman–Crippen MR) is 107 cm³/mol. The Labute approximate surface area is 162 Å². The van der Waals surface area contributed by atoms with Gasteiger partial charge in [-0.05, 0) is 43.0 Å². The van der Waals surface area contributed by atoms with E-state index >= 15 is 0 Å². The van der Waals surface area contributed by atoms with Crippen molar-refractivity contribution >= 4 is 28.1 Å². The Kier molecular flexibility index (Phi) is 4.16. The van der Waals surface area contributed by atoms with Gasteiger partial charge < -0.3 is 9.80 Å². The molecular weight excluding hydrogens is 358 g/mol. The summed E-state index contributed by atoms with van der Waals surface area (Å²) in [6.45, 7) is 2.52. The summed E-state index contributed by atoms with van der Waals surface area (Å²) in [5.74, 6) is 0.383. The first kappa shape index (κ1) is 16.5. The highest BCUT2D eigenvalue weighted by molar-refractivity contribution is 7.17. The van der Waals surface area contributed by atoms with Gasteiger partial charge in [0.25, 0.3) is 0 Å². The van der Waals surface area contributed by atoms with Gasteiger partial charge in [-0.1, -0.05) is 29.5 Å². The van der Waals surface area contributed by atoms with Crippen LogP contribution in [-0.4, -0.2) is 40.3 Å². The van der Waals surface area contributed by atoms with Crippen molar-refractivity contribution in [3.8, 4) is 5.13 Å². The Morgan fingerprint density at radius 2 is 1.70 bits per heavy atom. The van der Waals surface area contributed by atoms with Gasteiger partial charge in [-0.25, -0.2) is 0 Å². The van der Waals surface area contributed by atoms with Gasteiger partial charge in [0.05, 0.1) is 0 Å². The quantitative estimate of drug-likeness (QED) is 0.702. The fraction of sp³-hybridized carbons (Fsp3) is 0.350. The molecule has 0 saturated carbocycles. The Bertz CT molecular complexity index is 943. The number of benzene rings is 1. The summed E-state index contributed by atoms with van der Waals surface area (Å²) >= 11 is 1.59. The van der Waals surface area contributed by atoms with Crippen LogP contribution in [0, 0.1) is 5.92 Å². The molecule has 1 fully saturated rings. The number of carbonyl (C=O) groups excluding carboxylic acids is 1.